The molecule has 10 heteroatoms. The number of anilines is 1. The van der Waals surface area contributed by atoms with E-state index in [1.54, 1.807) is 55.6 Å². The molecule has 34 heavy (non-hydrogen) atoms. The SMILES string of the molecule is COC(=O)CN1C(=O)[C@]2(C(C#N)=C(N)Oc3n[nH]c(-c4ccc(OC)cc4)c32)c2ccccc21. The molecule has 1 amide bonds. The van der Waals surface area contributed by atoms with Crippen LogP contribution >= 0.6 is 0 Å². The Kier molecular flexibility index (Phi) is 4.76. The van der Waals surface area contributed by atoms with Crippen molar-refractivity contribution in [1.29, 1.82) is 5.26 Å². The molecule has 170 valence electrons. The molecule has 5 rings (SSSR count). The van der Waals surface area contributed by atoms with E-state index in [0.29, 0.717) is 33.8 Å². The number of ether oxygens (including phenoxy) is 3. The zero-order valence-corrected chi connectivity index (χ0v) is 18.3. The number of para-hydroxylation sites is 1. The molecule has 3 heterocycles. The highest BCUT2D eigenvalue weighted by Crippen LogP contribution is 2.56. The van der Waals surface area contributed by atoms with Crippen LogP contribution in [0.2, 0.25) is 0 Å². The maximum atomic E-state index is 14.2. The Morgan fingerprint density at radius 1 is 1.24 bits per heavy atom. The van der Waals surface area contributed by atoms with Gasteiger partial charge in [0.25, 0.3) is 0 Å². The first-order chi connectivity index (χ1) is 16.5. The average Bonchev–Trinajstić information content (AvgIpc) is 3.38. The van der Waals surface area contributed by atoms with Crippen molar-refractivity contribution in [2.45, 2.75) is 5.41 Å². The van der Waals surface area contributed by atoms with E-state index in [2.05, 4.69) is 16.3 Å². The monoisotopic (exact) mass is 457 g/mol. The van der Waals surface area contributed by atoms with Crippen LogP contribution in [-0.2, 0) is 19.7 Å². The summed E-state index contributed by atoms with van der Waals surface area (Å²) in [5, 5.41) is 17.4. The number of nitrogens with two attached hydrogens (primary N) is 1. The lowest BCUT2D eigenvalue weighted by atomic mass is 9.68. The standard InChI is InChI=1S/C24H19N5O5/c1-32-14-9-7-13(8-10-14)20-19-22(28-27-20)34-21(26)16(11-25)24(19)15-5-3-4-6-17(15)29(23(24)31)12-18(30)33-2/h3-10H,12,26H2,1-2H3,(H,27,28)/t24-/m0/s1. The van der Waals surface area contributed by atoms with E-state index < -0.39 is 17.3 Å². The van der Waals surface area contributed by atoms with E-state index >= 15 is 0 Å². The van der Waals surface area contributed by atoms with Crippen LogP contribution in [0.3, 0.4) is 0 Å². The van der Waals surface area contributed by atoms with Gasteiger partial charge in [-0.3, -0.25) is 19.6 Å². The van der Waals surface area contributed by atoms with Gasteiger partial charge in [-0.1, -0.05) is 18.2 Å². The van der Waals surface area contributed by atoms with E-state index in [4.69, 9.17) is 19.9 Å². The topological polar surface area (TPSA) is 144 Å². The number of hydrogen-bond acceptors (Lipinski definition) is 8. The van der Waals surface area contributed by atoms with Crippen molar-refractivity contribution in [3.8, 4) is 29.0 Å². The molecule has 2 aliphatic heterocycles. The molecule has 0 radical (unpaired) electrons. The Hall–Kier alpha value is -4.78. The lowest BCUT2D eigenvalue weighted by molar-refractivity contribution is -0.140. The Morgan fingerprint density at radius 2 is 1.97 bits per heavy atom. The van der Waals surface area contributed by atoms with E-state index in [1.807, 2.05) is 0 Å². The highest BCUT2D eigenvalue weighted by atomic mass is 16.5. The fraction of sp³-hybridized carbons (Fsp3) is 0.167. The zero-order valence-electron chi connectivity index (χ0n) is 18.3. The number of esters is 1. The Bertz CT molecular complexity index is 1400. The van der Waals surface area contributed by atoms with Gasteiger partial charge in [-0.15, -0.1) is 5.10 Å². The first kappa shape index (κ1) is 21.1. The lowest BCUT2D eigenvalue weighted by Crippen LogP contribution is -2.47. The molecule has 0 fully saturated rings. The Morgan fingerprint density at radius 3 is 2.65 bits per heavy atom. The molecule has 0 saturated carbocycles. The van der Waals surface area contributed by atoms with Crippen molar-refractivity contribution in [2.75, 3.05) is 25.7 Å². The number of rotatable bonds is 4. The Labute approximate surface area is 194 Å². The molecule has 3 N–H and O–H groups in total. The number of nitriles is 1. The predicted octanol–water partition coefficient (Wildman–Crippen LogP) is 1.98. The van der Waals surface area contributed by atoms with Crippen LogP contribution in [0, 0.1) is 11.3 Å². The summed E-state index contributed by atoms with van der Waals surface area (Å²) in [6.07, 6.45) is 0. The lowest BCUT2D eigenvalue weighted by Gasteiger charge is -2.32. The van der Waals surface area contributed by atoms with Crippen molar-refractivity contribution in [3.05, 3.63) is 71.1 Å². The molecule has 0 unspecified atom stereocenters. The van der Waals surface area contributed by atoms with Gasteiger partial charge in [-0.2, -0.15) is 5.26 Å². The normalized spacial score (nSPS) is 18.3. The number of nitrogens with one attached hydrogen (secondary N) is 1. The first-order valence-corrected chi connectivity index (χ1v) is 10.3. The third-order valence-corrected chi connectivity index (χ3v) is 6.11. The van der Waals surface area contributed by atoms with Gasteiger partial charge in [0.2, 0.25) is 17.7 Å². The number of H-pyrrole nitrogens is 1. The molecule has 1 aromatic heterocycles. The quantitative estimate of drug-likeness (QED) is 0.566. The number of fused-ring (bicyclic) bond motifs is 4. The number of benzene rings is 2. The second kappa shape index (κ2) is 7.67. The Balaban J connectivity index is 1.82. The van der Waals surface area contributed by atoms with Gasteiger partial charge < -0.3 is 19.9 Å². The molecule has 0 bridgehead atoms. The van der Waals surface area contributed by atoms with Crippen molar-refractivity contribution in [3.63, 3.8) is 0 Å². The summed E-state index contributed by atoms with van der Waals surface area (Å²) >= 11 is 0. The summed E-state index contributed by atoms with van der Waals surface area (Å²) in [6, 6.07) is 16.1. The van der Waals surface area contributed by atoms with Crippen molar-refractivity contribution < 1.29 is 23.8 Å². The molecule has 3 aromatic rings. The minimum Gasteiger partial charge on any atom is -0.497 e. The van der Waals surface area contributed by atoms with Crippen LogP contribution in [0.1, 0.15) is 11.1 Å². The third kappa shape index (κ3) is 2.70. The van der Waals surface area contributed by atoms with Gasteiger partial charge in [0.1, 0.15) is 29.4 Å². The number of amides is 1. The number of aromatic amines is 1. The second-order valence-corrected chi connectivity index (χ2v) is 7.69. The number of nitrogens with zero attached hydrogens (tertiary/aromatic N) is 3. The van der Waals surface area contributed by atoms with Crippen molar-refractivity contribution in [2.24, 2.45) is 5.73 Å². The maximum Gasteiger partial charge on any atom is 0.325 e. The third-order valence-electron chi connectivity index (χ3n) is 6.11. The molecular weight excluding hydrogens is 438 g/mol. The first-order valence-electron chi connectivity index (χ1n) is 10.3. The number of methoxy groups -OCH3 is 2. The summed E-state index contributed by atoms with van der Waals surface area (Å²) < 4.78 is 15.7. The highest BCUT2D eigenvalue weighted by molar-refractivity contribution is 6.16. The number of carbonyl (C=O) groups is 2. The molecule has 1 spiro atoms. The van der Waals surface area contributed by atoms with Crippen LogP contribution in [-0.4, -0.2) is 42.8 Å². The fourth-order valence-corrected chi connectivity index (χ4v) is 4.60. The van der Waals surface area contributed by atoms with Gasteiger partial charge >= 0.3 is 5.97 Å². The summed E-state index contributed by atoms with van der Waals surface area (Å²) in [6.45, 7) is -0.335. The second-order valence-electron chi connectivity index (χ2n) is 7.69. The van der Waals surface area contributed by atoms with Crippen molar-refractivity contribution in [1.82, 2.24) is 10.2 Å². The summed E-state index contributed by atoms with van der Waals surface area (Å²) in [5.41, 5.74) is 6.85. The number of carbonyl (C=O) groups excluding carboxylic acids is 2. The van der Waals surface area contributed by atoms with Crippen LogP contribution in [0.25, 0.3) is 11.3 Å². The zero-order chi connectivity index (χ0) is 24.0. The summed E-state index contributed by atoms with van der Waals surface area (Å²) in [4.78, 5) is 27.7. The van der Waals surface area contributed by atoms with Gasteiger partial charge in [-0.05, 0) is 30.3 Å². The number of aromatic nitrogens is 2. The van der Waals surface area contributed by atoms with Crippen LogP contribution in [0.4, 0.5) is 5.69 Å². The van der Waals surface area contributed by atoms with Gasteiger partial charge in [0.15, 0.2) is 0 Å². The van der Waals surface area contributed by atoms with Crippen molar-refractivity contribution >= 4 is 17.6 Å². The number of hydrogen-bond donors (Lipinski definition) is 2. The largest absolute Gasteiger partial charge is 0.497 e. The van der Waals surface area contributed by atoms with E-state index in [0.717, 1.165) is 0 Å². The predicted molar refractivity (Wildman–Crippen MR) is 120 cm³/mol. The van der Waals surface area contributed by atoms with Gasteiger partial charge in [0, 0.05) is 16.8 Å². The van der Waals surface area contributed by atoms with Crippen LogP contribution in [0.15, 0.2) is 60.0 Å². The smallest absolute Gasteiger partial charge is 0.325 e. The average molecular weight is 457 g/mol. The van der Waals surface area contributed by atoms with Crippen LogP contribution < -0.4 is 20.1 Å². The van der Waals surface area contributed by atoms with E-state index in [-0.39, 0.29) is 23.9 Å². The molecule has 2 aliphatic rings. The maximum absolute atomic E-state index is 14.2. The van der Waals surface area contributed by atoms with Gasteiger partial charge in [-0.25, -0.2) is 0 Å². The van der Waals surface area contributed by atoms with Gasteiger partial charge in [0.05, 0.1) is 25.5 Å². The highest BCUT2D eigenvalue weighted by Gasteiger charge is 2.61. The summed E-state index contributed by atoms with van der Waals surface area (Å²) in [7, 11) is 2.81. The summed E-state index contributed by atoms with van der Waals surface area (Å²) in [5.74, 6) is -0.641. The fourth-order valence-electron chi connectivity index (χ4n) is 4.60. The van der Waals surface area contributed by atoms with E-state index in [1.165, 1.54) is 12.0 Å². The molecular formula is C24H19N5O5. The molecule has 0 saturated heterocycles. The molecule has 0 aliphatic carbocycles. The molecule has 2 aromatic carbocycles. The minimum atomic E-state index is -1.67. The minimum absolute atomic E-state index is 0.0744. The van der Waals surface area contributed by atoms with Crippen LogP contribution in [0.5, 0.6) is 11.6 Å². The molecule has 1 atom stereocenters. The van der Waals surface area contributed by atoms with E-state index in [9.17, 15) is 14.9 Å². The molecule has 10 nitrogen and oxygen atoms in total.